The molecular formula is C58H76ClF7MgN6O20P2. The Kier molecular flexibility index (Phi) is 31.4. The van der Waals surface area contributed by atoms with E-state index in [9.17, 15) is 79.6 Å². The van der Waals surface area contributed by atoms with Crippen LogP contribution in [0.4, 0.5) is 30.7 Å². The molecule has 12 atom stereocenters. The van der Waals surface area contributed by atoms with E-state index in [1.54, 1.807) is 26.0 Å². The molecular weight excluding hydrogens is 1360 g/mol. The molecule has 5 aromatic rings. The van der Waals surface area contributed by atoms with Crippen LogP contribution in [0.25, 0.3) is 0 Å². The third-order valence-electron chi connectivity index (χ3n) is 12.1. The summed E-state index contributed by atoms with van der Waals surface area (Å²) in [5, 5.41) is 34.0. The van der Waals surface area contributed by atoms with Gasteiger partial charge in [0.2, 0.25) is 34.8 Å². The molecule has 0 unspecified atom stereocenters. The second-order valence-electron chi connectivity index (χ2n) is 21.7. The molecule has 3 aliphatic heterocycles. The van der Waals surface area contributed by atoms with Crippen molar-refractivity contribution in [2.75, 3.05) is 26.3 Å². The average molecular weight is 1440 g/mol. The van der Waals surface area contributed by atoms with Crippen molar-refractivity contribution in [3.8, 4) is 17.2 Å². The average Bonchev–Trinajstić information content (AvgIpc) is 1.62. The topological polar surface area (TPSA) is 346 Å². The van der Waals surface area contributed by atoms with Crippen LogP contribution in [0.3, 0.4) is 0 Å². The molecule has 0 amide bonds. The number of aromatic amines is 2. The number of esters is 2. The zero-order chi connectivity index (χ0) is 73.5. The molecule has 0 bridgehead atoms. The first kappa shape index (κ1) is 78.0. The fourth-order valence-electron chi connectivity index (χ4n) is 7.72. The standard InChI is InChI=1S/C22H29FN3O9P.C18H17F5NO5P.C10H13FN2O5.C4H8O.C4H9.ClH.Mg/c1-13(2)33-19(29)14(3)25-36(31,35-15-8-6-5-7-9-15)32-12-16-18(28)22(4,23)20(34-16)26-11-10-17(27)24-21(26)30;1-9(2)27-18(25)10(3)24-30(26,28-11-7-5-4-6-8-11)29-17-15(22)13(20)12(19)14(21)16(17)23;1-10(11)7(16)5(4-14)18-8(10)13-3-2-6(15)12-9(13)17;1-2-4-5-3-1;1-4(2)3;;/h5-11,13-14,16,18,20,28H,12H2,1-4H3,(H,25,31)(H,24,27,30);4-10H,1-3H3,(H,24,26);2-3,5,7-8,14,16H,4H2,1H3,(H,12,15,17);1-4H2;1-3H3;1H;/q;;;;-1;;+2/p-1/t14-,16+,18+,20+,22+,36-;10-,30-;5-,7-,8-,10-;;;;/m001..../s1/i12D2;;4D2;;;;. The second-order valence-corrected chi connectivity index (χ2v) is 24.9. The van der Waals surface area contributed by atoms with Gasteiger partial charge >= 0.3 is 61.9 Å². The summed E-state index contributed by atoms with van der Waals surface area (Å²) in [6.45, 7) is 12.5. The summed E-state index contributed by atoms with van der Waals surface area (Å²) < 4.78 is 203. The Morgan fingerprint density at radius 3 is 1.36 bits per heavy atom. The van der Waals surface area contributed by atoms with Crippen LogP contribution < -0.4 is 58.7 Å². The van der Waals surface area contributed by atoms with Gasteiger partial charge in [0.15, 0.2) is 23.8 Å². The molecule has 0 spiro atoms. The van der Waals surface area contributed by atoms with Crippen molar-refractivity contribution in [3.05, 3.63) is 162 Å². The van der Waals surface area contributed by atoms with Crippen LogP contribution in [0.5, 0.6) is 17.2 Å². The van der Waals surface area contributed by atoms with Crippen molar-refractivity contribution >= 4 is 50.5 Å². The summed E-state index contributed by atoms with van der Waals surface area (Å²) in [5.41, 5.74) is -8.82. The Hall–Kier alpha value is -5.97. The maximum atomic E-state index is 15.6. The minimum absolute atomic E-state index is 0. The molecule has 3 aromatic carbocycles. The monoisotopic (exact) mass is 1430 g/mol. The molecule has 3 saturated heterocycles. The number of nitrogens with zero attached hydrogens (tertiary/aromatic N) is 2. The number of nitrogens with one attached hydrogen (secondary N) is 4. The molecule has 0 saturated carbocycles. The first-order valence-corrected chi connectivity index (χ1v) is 31.2. The summed E-state index contributed by atoms with van der Waals surface area (Å²) in [6.07, 6.45) is -8.45. The van der Waals surface area contributed by atoms with E-state index in [1.165, 1.54) is 95.0 Å². The van der Waals surface area contributed by atoms with Crippen LogP contribution in [0.2, 0.25) is 0 Å². The summed E-state index contributed by atoms with van der Waals surface area (Å²) in [7, 11) is -9.71. The third kappa shape index (κ3) is 24.8. The number of alkyl halides is 2. The van der Waals surface area contributed by atoms with Crippen LogP contribution in [0, 0.1) is 35.0 Å². The van der Waals surface area contributed by atoms with Crippen LogP contribution in [0.15, 0.2) is 104 Å². The Bertz CT molecular complexity index is 3760. The Balaban J connectivity index is 0.000000485. The fraction of sp³-hybridized carbons (Fsp3) is 0.500. The predicted octanol–water partition coefficient (Wildman–Crippen LogP) is 4.09. The van der Waals surface area contributed by atoms with Gasteiger partial charge in [-0.25, -0.2) is 40.7 Å². The number of hydrogen-bond donors (Lipinski definition) is 7. The maximum absolute atomic E-state index is 15.6. The number of ether oxygens (including phenoxy) is 5. The minimum Gasteiger partial charge on any atom is -1.00 e. The van der Waals surface area contributed by atoms with Crippen molar-refractivity contribution in [2.24, 2.45) is 0 Å². The summed E-state index contributed by atoms with van der Waals surface area (Å²) >= 11 is 0. The van der Waals surface area contributed by atoms with E-state index in [4.69, 9.17) is 42.7 Å². The number of para-hydroxylation sites is 2. The number of carbonyl (C=O) groups is 2. The van der Waals surface area contributed by atoms with Crippen LogP contribution in [0.1, 0.15) is 107 Å². The quantitative estimate of drug-likeness (QED) is 0.0110. The predicted molar refractivity (Wildman–Crippen MR) is 324 cm³/mol. The SMILES string of the molecule is C1CCOC1.CC(C)OC(=O)[C@H](C)N[P@](=O)(Oc1ccccc1)Oc1c(F)c(F)c(F)c(F)c1F.C[C-](C)C.[2H]C([2H])(O)[C@H]1O[C@@H](n2ccc(=O)[nH]c2=O)[C@](C)(F)[C@@H]1O.[2H]C([2H])(O[P@@](=O)(N[C@@H](C)C(=O)OC(C)C)Oc1ccccc1)[C@H]1O[C@@H](n2ccc(=O)[nH]c2=O)[C@](C)(F)[C@@H]1O.[Cl-].[Mg+2]. The Morgan fingerprint density at radius 1 is 0.653 bits per heavy atom. The molecule has 5 heterocycles. The van der Waals surface area contributed by atoms with E-state index in [0.29, 0.717) is 9.13 Å². The number of hydrogen-bond acceptors (Lipinski definition) is 20. The Labute approximate surface area is 568 Å². The zero-order valence-electron chi connectivity index (χ0n) is 57.0. The van der Waals surface area contributed by atoms with Crippen molar-refractivity contribution in [3.63, 3.8) is 0 Å². The van der Waals surface area contributed by atoms with Crippen LogP contribution in [-0.2, 0) is 46.9 Å². The molecule has 95 heavy (non-hydrogen) atoms. The van der Waals surface area contributed by atoms with E-state index >= 15 is 4.39 Å². The van der Waals surface area contributed by atoms with Crippen molar-refractivity contribution < 1.29 is 124 Å². The minimum atomic E-state index is -4.91. The van der Waals surface area contributed by atoms with Gasteiger partial charge in [-0.2, -0.15) is 39.7 Å². The second kappa shape index (κ2) is 38.2. The number of rotatable bonds is 20. The van der Waals surface area contributed by atoms with Gasteiger partial charge in [-0.3, -0.25) is 42.8 Å². The summed E-state index contributed by atoms with van der Waals surface area (Å²) in [4.78, 5) is 74.3. The molecule has 37 heteroatoms. The number of aliphatic hydroxyl groups is 3. The van der Waals surface area contributed by atoms with Crippen LogP contribution >= 0.6 is 15.5 Å². The molecule has 526 valence electrons. The largest absolute Gasteiger partial charge is 2.00 e. The van der Waals surface area contributed by atoms with Gasteiger partial charge < -0.3 is 70.9 Å². The normalized spacial score (nSPS) is 23.8. The van der Waals surface area contributed by atoms with E-state index in [1.807, 2.05) is 9.97 Å². The molecule has 2 aromatic heterocycles. The van der Waals surface area contributed by atoms with Gasteiger partial charge in [0.25, 0.3) is 11.1 Å². The number of aromatic nitrogens is 4. The van der Waals surface area contributed by atoms with E-state index in [0.717, 1.165) is 51.6 Å². The van der Waals surface area contributed by atoms with Gasteiger partial charge in [-0.15, -0.1) is 0 Å². The molecule has 3 aliphatic rings. The summed E-state index contributed by atoms with van der Waals surface area (Å²) in [5.74, 6) is -14.1. The van der Waals surface area contributed by atoms with E-state index in [2.05, 4.69) is 35.5 Å². The number of carbonyl (C=O) groups excluding carboxylic acids is 2. The first-order chi connectivity index (χ1) is 44.8. The van der Waals surface area contributed by atoms with E-state index in [-0.39, 0.29) is 47.0 Å². The van der Waals surface area contributed by atoms with Gasteiger partial charge in [-0.05, 0) is 92.5 Å². The molecule has 3 fully saturated rings. The van der Waals surface area contributed by atoms with Gasteiger partial charge in [0.1, 0.15) is 48.0 Å². The smallest absolute Gasteiger partial charge is 1.00 e. The number of H-pyrrole nitrogens is 2. The van der Waals surface area contributed by atoms with Crippen molar-refractivity contribution in [2.45, 2.75) is 162 Å². The van der Waals surface area contributed by atoms with Gasteiger partial charge in [0, 0.05) is 37.7 Å². The summed E-state index contributed by atoms with van der Waals surface area (Å²) in [6, 6.07) is 13.7. The number of aliphatic hydroxyl groups excluding tert-OH is 2. The first-order valence-electron chi connectivity index (χ1n) is 30.1. The van der Waals surface area contributed by atoms with E-state index < -0.39 is 170 Å². The molecule has 7 N–H and O–H groups in total. The number of benzene rings is 3. The van der Waals surface area contributed by atoms with Crippen LogP contribution in [-0.4, -0.2) is 156 Å². The van der Waals surface area contributed by atoms with Crippen molar-refractivity contribution in [1.82, 2.24) is 29.3 Å². The molecule has 8 rings (SSSR count). The molecule has 26 nitrogen and oxygen atoms in total. The zero-order valence-corrected chi connectivity index (χ0v) is 56.9. The third-order valence-corrected chi connectivity index (χ3v) is 15.2. The number of halogens is 8. The fourth-order valence-corrected chi connectivity index (χ4v) is 10.6. The van der Waals surface area contributed by atoms with Crippen molar-refractivity contribution in [1.29, 1.82) is 0 Å². The molecule has 0 aliphatic carbocycles. The van der Waals surface area contributed by atoms with Gasteiger partial charge in [0.05, 0.1) is 30.8 Å². The Morgan fingerprint density at radius 2 is 1.01 bits per heavy atom. The maximum Gasteiger partial charge on any atom is 2.00 e. The van der Waals surface area contributed by atoms with Gasteiger partial charge in [-0.1, -0.05) is 36.4 Å². The molecule has 0 radical (unpaired) electrons.